The van der Waals surface area contributed by atoms with E-state index in [9.17, 15) is 14.7 Å². The predicted octanol–water partition coefficient (Wildman–Crippen LogP) is 3.41. The molecule has 0 aliphatic carbocycles. The number of ether oxygens (including phenoxy) is 2. The number of carbonyl (C=O) groups excluding carboxylic acids is 1. The first-order valence-electron chi connectivity index (χ1n) is 9.28. The van der Waals surface area contributed by atoms with Crippen LogP contribution in [0.15, 0.2) is 42.5 Å². The molecule has 6 heteroatoms. The van der Waals surface area contributed by atoms with Gasteiger partial charge in [-0.2, -0.15) is 0 Å². The maximum absolute atomic E-state index is 13.3. The minimum absolute atomic E-state index is 0.0714. The minimum atomic E-state index is -0.946. The summed E-state index contributed by atoms with van der Waals surface area (Å²) in [5, 5.41) is 9.48. The van der Waals surface area contributed by atoms with Crippen LogP contribution < -0.4 is 9.47 Å². The normalized spacial score (nSPS) is 16.8. The number of amides is 1. The number of aliphatic carboxylic acids is 1. The predicted molar refractivity (Wildman–Crippen MR) is 105 cm³/mol. The van der Waals surface area contributed by atoms with Crippen molar-refractivity contribution >= 4 is 11.9 Å². The molecule has 0 fully saturated rings. The van der Waals surface area contributed by atoms with E-state index in [-0.39, 0.29) is 18.2 Å². The molecule has 0 bridgehead atoms. The van der Waals surface area contributed by atoms with Crippen molar-refractivity contribution in [2.24, 2.45) is 0 Å². The summed E-state index contributed by atoms with van der Waals surface area (Å²) < 4.78 is 10.8. The highest BCUT2D eigenvalue weighted by Gasteiger charge is 2.35. The maximum atomic E-state index is 13.3. The Bertz CT molecular complexity index is 865. The molecule has 2 atom stereocenters. The van der Waals surface area contributed by atoms with Gasteiger partial charge in [0.05, 0.1) is 32.6 Å². The number of rotatable bonds is 6. The average molecular weight is 383 g/mol. The number of carboxylic acids is 1. The molecule has 148 valence electrons. The number of fused-ring (bicyclic) bond motifs is 1. The molecular formula is C22H25NO5. The highest BCUT2D eigenvalue weighted by atomic mass is 16.5. The summed E-state index contributed by atoms with van der Waals surface area (Å²) >= 11 is 0. The van der Waals surface area contributed by atoms with Crippen LogP contribution in [0.25, 0.3) is 0 Å². The molecule has 28 heavy (non-hydrogen) atoms. The molecule has 0 saturated carbocycles. The molecule has 1 aliphatic heterocycles. The first-order chi connectivity index (χ1) is 13.5. The molecule has 1 amide bonds. The second kappa shape index (κ2) is 8.33. The van der Waals surface area contributed by atoms with Gasteiger partial charge >= 0.3 is 5.97 Å². The van der Waals surface area contributed by atoms with Gasteiger partial charge in [-0.15, -0.1) is 0 Å². The minimum Gasteiger partial charge on any atom is -0.493 e. The van der Waals surface area contributed by atoms with Gasteiger partial charge in [-0.05, 0) is 42.2 Å². The maximum Gasteiger partial charge on any atom is 0.305 e. The van der Waals surface area contributed by atoms with E-state index in [0.717, 1.165) is 16.7 Å². The lowest BCUT2D eigenvalue weighted by Gasteiger charge is -2.38. The zero-order valence-electron chi connectivity index (χ0n) is 16.3. The molecule has 0 aromatic heterocycles. The molecule has 0 spiro atoms. The SMILES string of the molecule is COc1cc2c(cc1OC)C(CC(=O)O)N(C(=O)C(C)c1ccccc1)CC2. The molecule has 1 aliphatic rings. The summed E-state index contributed by atoms with van der Waals surface area (Å²) in [6.45, 7) is 2.33. The number of carboxylic acid groups (broad SMARTS) is 1. The Hall–Kier alpha value is -3.02. The topological polar surface area (TPSA) is 76.1 Å². The Labute approximate surface area is 164 Å². The second-order valence-electron chi connectivity index (χ2n) is 6.93. The van der Waals surface area contributed by atoms with Crippen LogP contribution in [0.4, 0.5) is 0 Å². The molecular weight excluding hydrogens is 358 g/mol. The summed E-state index contributed by atoms with van der Waals surface area (Å²) in [6.07, 6.45) is 0.481. The Morgan fingerprint density at radius 3 is 2.39 bits per heavy atom. The largest absolute Gasteiger partial charge is 0.493 e. The molecule has 1 N–H and O–H groups in total. The van der Waals surface area contributed by atoms with Crippen molar-refractivity contribution in [3.63, 3.8) is 0 Å². The van der Waals surface area contributed by atoms with E-state index < -0.39 is 12.0 Å². The fraction of sp³-hybridized carbons (Fsp3) is 0.364. The van der Waals surface area contributed by atoms with Gasteiger partial charge in [0, 0.05) is 6.54 Å². The Balaban J connectivity index is 1.99. The van der Waals surface area contributed by atoms with Gasteiger partial charge in [-0.3, -0.25) is 9.59 Å². The van der Waals surface area contributed by atoms with E-state index in [1.54, 1.807) is 25.2 Å². The van der Waals surface area contributed by atoms with E-state index in [0.29, 0.717) is 24.5 Å². The first-order valence-corrected chi connectivity index (χ1v) is 9.28. The van der Waals surface area contributed by atoms with Crippen LogP contribution in [0.2, 0.25) is 0 Å². The summed E-state index contributed by atoms with van der Waals surface area (Å²) in [5.41, 5.74) is 2.71. The summed E-state index contributed by atoms with van der Waals surface area (Å²) in [5.74, 6) is -0.232. The monoisotopic (exact) mass is 383 g/mol. The van der Waals surface area contributed by atoms with Crippen molar-refractivity contribution in [1.29, 1.82) is 0 Å². The second-order valence-corrected chi connectivity index (χ2v) is 6.93. The van der Waals surface area contributed by atoms with Crippen molar-refractivity contribution in [3.05, 3.63) is 59.2 Å². The van der Waals surface area contributed by atoms with Gasteiger partial charge in [0.25, 0.3) is 0 Å². The molecule has 0 saturated heterocycles. The zero-order chi connectivity index (χ0) is 20.3. The quantitative estimate of drug-likeness (QED) is 0.827. The van der Waals surface area contributed by atoms with E-state index in [1.165, 1.54) is 0 Å². The van der Waals surface area contributed by atoms with Gasteiger partial charge < -0.3 is 19.5 Å². The number of methoxy groups -OCH3 is 2. The molecule has 2 unspecified atom stereocenters. The van der Waals surface area contributed by atoms with Crippen molar-refractivity contribution < 1.29 is 24.2 Å². The lowest BCUT2D eigenvalue weighted by atomic mass is 9.88. The molecule has 3 rings (SSSR count). The van der Waals surface area contributed by atoms with Gasteiger partial charge in [0.15, 0.2) is 11.5 Å². The third kappa shape index (κ3) is 3.81. The van der Waals surface area contributed by atoms with E-state index >= 15 is 0 Å². The van der Waals surface area contributed by atoms with Crippen LogP contribution >= 0.6 is 0 Å². The third-order valence-electron chi connectivity index (χ3n) is 5.32. The Morgan fingerprint density at radius 2 is 1.79 bits per heavy atom. The fourth-order valence-corrected chi connectivity index (χ4v) is 3.81. The van der Waals surface area contributed by atoms with Crippen LogP contribution in [0.3, 0.4) is 0 Å². The first kappa shape index (κ1) is 19.7. The van der Waals surface area contributed by atoms with Crippen LogP contribution in [-0.4, -0.2) is 42.6 Å². The Morgan fingerprint density at radius 1 is 1.14 bits per heavy atom. The van der Waals surface area contributed by atoms with E-state index in [2.05, 4.69) is 0 Å². The number of carbonyl (C=O) groups is 2. The number of hydrogen-bond donors (Lipinski definition) is 1. The van der Waals surface area contributed by atoms with Crippen molar-refractivity contribution in [3.8, 4) is 11.5 Å². The van der Waals surface area contributed by atoms with Gasteiger partial charge in [0.2, 0.25) is 5.91 Å². The summed E-state index contributed by atoms with van der Waals surface area (Å²) in [4.78, 5) is 26.5. The smallest absolute Gasteiger partial charge is 0.305 e. The summed E-state index contributed by atoms with van der Waals surface area (Å²) in [6, 6.07) is 12.7. The van der Waals surface area contributed by atoms with Gasteiger partial charge in [-0.1, -0.05) is 30.3 Å². The molecule has 1 heterocycles. The lowest BCUT2D eigenvalue weighted by Crippen LogP contribution is -2.42. The Kier molecular flexibility index (Phi) is 5.87. The summed E-state index contributed by atoms with van der Waals surface area (Å²) in [7, 11) is 3.11. The lowest BCUT2D eigenvalue weighted by molar-refractivity contribution is -0.141. The van der Waals surface area contributed by atoms with Crippen LogP contribution in [0, 0.1) is 0 Å². The zero-order valence-corrected chi connectivity index (χ0v) is 16.3. The van der Waals surface area contributed by atoms with Crippen LogP contribution in [0.5, 0.6) is 11.5 Å². The fourth-order valence-electron chi connectivity index (χ4n) is 3.81. The van der Waals surface area contributed by atoms with E-state index in [1.807, 2.05) is 43.3 Å². The standard InChI is InChI=1S/C22H25NO5/c1-14(15-7-5-4-6-8-15)22(26)23-10-9-16-11-19(27-2)20(28-3)12-17(16)18(23)13-21(24)25/h4-8,11-12,14,18H,9-10,13H2,1-3H3,(H,24,25). The third-order valence-corrected chi connectivity index (χ3v) is 5.32. The van der Waals surface area contributed by atoms with Crippen LogP contribution in [-0.2, 0) is 16.0 Å². The number of benzene rings is 2. The average Bonchev–Trinajstić information content (AvgIpc) is 2.72. The van der Waals surface area contributed by atoms with Crippen molar-refractivity contribution in [2.45, 2.75) is 31.7 Å². The van der Waals surface area contributed by atoms with E-state index in [4.69, 9.17) is 9.47 Å². The highest BCUT2D eigenvalue weighted by Crippen LogP contribution is 2.40. The van der Waals surface area contributed by atoms with Gasteiger partial charge in [-0.25, -0.2) is 0 Å². The number of nitrogens with zero attached hydrogens (tertiary/aromatic N) is 1. The van der Waals surface area contributed by atoms with Crippen molar-refractivity contribution in [1.82, 2.24) is 4.90 Å². The molecule has 2 aromatic rings. The molecule has 2 aromatic carbocycles. The van der Waals surface area contributed by atoms with Crippen molar-refractivity contribution in [2.75, 3.05) is 20.8 Å². The highest BCUT2D eigenvalue weighted by molar-refractivity contribution is 5.85. The molecule has 6 nitrogen and oxygen atoms in total. The molecule has 0 radical (unpaired) electrons. The van der Waals surface area contributed by atoms with Crippen LogP contribution in [0.1, 0.15) is 42.0 Å². The number of hydrogen-bond acceptors (Lipinski definition) is 4. The van der Waals surface area contributed by atoms with Gasteiger partial charge in [0.1, 0.15) is 0 Å².